The molecule has 1 atom stereocenters. The van der Waals surface area contributed by atoms with E-state index < -0.39 is 22.9 Å². The highest BCUT2D eigenvalue weighted by molar-refractivity contribution is 7.27. The van der Waals surface area contributed by atoms with Gasteiger partial charge < -0.3 is 0 Å². The maximum Gasteiger partial charge on any atom is 0.162 e. The normalized spacial score (nSPS) is 11.9. The maximum atomic E-state index is 13.6. The van der Waals surface area contributed by atoms with Crippen LogP contribution in [0.1, 0.15) is 26.3 Å². The van der Waals surface area contributed by atoms with Crippen molar-refractivity contribution in [2.24, 2.45) is 0 Å². The second-order valence-electron chi connectivity index (χ2n) is 4.61. The molecule has 15 heavy (non-hydrogen) atoms. The van der Waals surface area contributed by atoms with E-state index in [-0.39, 0.29) is 16.3 Å². The van der Waals surface area contributed by atoms with E-state index >= 15 is 0 Å². The van der Waals surface area contributed by atoms with Gasteiger partial charge in [0.2, 0.25) is 0 Å². The van der Waals surface area contributed by atoms with Crippen LogP contribution in [-0.4, -0.2) is 7.85 Å². The molecule has 5 heteroatoms. The summed E-state index contributed by atoms with van der Waals surface area (Å²) in [4.78, 5) is 0. The van der Waals surface area contributed by atoms with Crippen LogP contribution in [0.2, 0.25) is 0 Å². The summed E-state index contributed by atoms with van der Waals surface area (Å²) in [5.74, 6) is -2.74. The fourth-order valence-electron chi connectivity index (χ4n) is 1.53. The van der Waals surface area contributed by atoms with Gasteiger partial charge in [-0.2, -0.15) is 0 Å². The fourth-order valence-corrected chi connectivity index (χ4v) is 2.31. The fraction of sp³-hybridized carbons (Fsp3) is 0.400. The molecule has 82 valence electrons. The molecule has 0 aliphatic heterocycles. The summed E-state index contributed by atoms with van der Waals surface area (Å²) >= 11 is 0. The second kappa shape index (κ2) is 3.82. The Morgan fingerprint density at radius 2 is 1.47 bits per heavy atom. The highest BCUT2D eigenvalue weighted by Crippen LogP contribution is 2.26. The largest absolute Gasteiger partial charge is 0.207 e. The minimum atomic E-state index is -1.09. The molecule has 1 unspecified atom stereocenters. The van der Waals surface area contributed by atoms with E-state index in [2.05, 4.69) is 9.24 Å². The summed E-state index contributed by atoms with van der Waals surface area (Å²) in [6.45, 7) is 5.15. The van der Waals surface area contributed by atoms with Crippen LogP contribution in [0, 0.1) is 17.5 Å². The highest BCUT2D eigenvalue weighted by atomic mass is 31.0. The first kappa shape index (κ1) is 12.6. The smallest absolute Gasteiger partial charge is 0.162 e. The van der Waals surface area contributed by atoms with E-state index in [1.165, 1.54) is 7.85 Å². The van der Waals surface area contributed by atoms with Gasteiger partial charge in [0.05, 0.1) is 0 Å². The van der Waals surface area contributed by atoms with Gasteiger partial charge in [0.15, 0.2) is 11.6 Å². The standard InChI is InChI=1S/C10H13BF3P/c1-10(2,3)4-6(12)7(13)5(11)8(14)9(4)15/h11,15H2,1-3H3. The van der Waals surface area contributed by atoms with E-state index in [1.54, 1.807) is 20.8 Å². The molecule has 0 spiro atoms. The van der Waals surface area contributed by atoms with E-state index in [9.17, 15) is 13.2 Å². The van der Waals surface area contributed by atoms with E-state index in [4.69, 9.17) is 0 Å². The molecule has 0 fully saturated rings. The molecular weight excluding hydrogens is 219 g/mol. The van der Waals surface area contributed by atoms with Crippen molar-refractivity contribution in [1.29, 1.82) is 0 Å². The molecule has 0 radical (unpaired) electrons. The SMILES string of the molecule is Bc1c(F)c(F)c(C(C)(C)C)c(P)c1F. The van der Waals surface area contributed by atoms with Gasteiger partial charge in [-0.25, -0.2) is 13.2 Å². The molecule has 0 aliphatic rings. The minimum Gasteiger partial charge on any atom is -0.207 e. The van der Waals surface area contributed by atoms with E-state index in [0.29, 0.717) is 0 Å². The van der Waals surface area contributed by atoms with E-state index in [0.717, 1.165) is 0 Å². The molecule has 0 aliphatic carbocycles. The van der Waals surface area contributed by atoms with Gasteiger partial charge in [-0.15, -0.1) is 9.24 Å². The van der Waals surface area contributed by atoms with Crippen molar-refractivity contribution < 1.29 is 13.2 Å². The predicted molar refractivity (Wildman–Crippen MR) is 62.5 cm³/mol. The lowest BCUT2D eigenvalue weighted by Crippen LogP contribution is -2.32. The Morgan fingerprint density at radius 3 is 1.87 bits per heavy atom. The quantitative estimate of drug-likeness (QED) is 0.357. The number of benzene rings is 1. The van der Waals surface area contributed by atoms with Crippen molar-refractivity contribution in [1.82, 2.24) is 0 Å². The number of hydrogen-bond donors (Lipinski definition) is 0. The molecule has 0 saturated carbocycles. The lowest BCUT2D eigenvalue weighted by atomic mass is 9.83. The van der Waals surface area contributed by atoms with Crippen LogP contribution in [0.25, 0.3) is 0 Å². The van der Waals surface area contributed by atoms with Crippen molar-refractivity contribution >= 4 is 27.9 Å². The third-order valence-electron chi connectivity index (χ3n) is 2.33. The van der Waals surface area contributed by atoms with Crippen LogP contribution in [-0.2, 0) is 5.41 Å². The Labute approximate surface area is 90.9 Å². The molecule has 0 bridgehead atoms. The monoisotopic (exact) mass is 232 g/mol. The number of hydrogen-bond acceptors (Lipinski definition) is 0. The Bertz CT molecular complexity index is 381. The number of halogens is 3. The van der Waals surface area contributed by atoms with Gasteiger partial charge in [-0.05, 0) is 10.9 Å². The van der Waals surface area contributed by atoms with Gasteiger partial charge in [0.1, 0.15) is 13.7 Å². The second-order valence-corrected chi connectivity index (χ2v) is 5.18. The molecule has 0 saturated heterocycles. The van der Waals surface area contributed by atoms with Crippen molar-refractivity contribution in [2.75, 3.05) is 0 Å². The molecule has 0 aromatic heterocycles. The van der Waals surface area contributed by atoms with Gasteiger partial charge in [-0.1, -0.05) is 20.8 Å². The average Bonchev–Trinajstić information content (AvgIpc) is 2.09. The summed E-state index contributed by atoms with van der Waals surface area (Å²) in [6, 6.07) is 0. The maximum absolute atomic E-state index is 13.6. The Kier molecular flexibility index (Phi) is 3.20. The van der Waals surface area contributed by atoms with Crippen molar-refractivity contribution in [2.45, 2.75) is 26.2 Å². The van der Waals surface area contributed by atoms with Crippen molar-refractivity contribution in [3.63, 3.8) is 0 Å². The molecule has 0 heterocycles. The summed E-state index contributed by atoms with van der Waals surface area (Å²) in [5.41, 5.74) is -0.824. The summed E-state index contributed by atoms with van der Waals surface area (Å²) in [7, 11) is 3.37. The van der Waals surface area contributed by atoms with Crippen LogP contribution in [0.4, 0.5) is 13.2 Å². The van der Waals surface area contributed by atoms with Crippen LogP contribution in [0.15, 0.2) is 0 Å². The zero-order valence-electron chi connectivity index (χ0n) is 9.21. The summed E-state index contributed by atoms with van der Waals surface area (Å²) in [5, 5.41) is 0.110. The zero-order chi connectivity index (χ0) is 12.0. The molecule has 1 aromatic carbocycles. The van der Waals surface area contributed by atoms with Gasteiger partial charge in [0, 0.05) is 10.9 Å². The Morgan fingerprint density at radius 1 is 1.00 bits per heavy atom. The molecule has 0 amide bonds. The molecule has 1 aromatic rings. The van der Waals surface area contributed by atoms with Crippen LogP contribution >= 0.6 is 9.24 Å². The van der Waals surface area contributed by atoms with Crippen LogP contribution in [0.3, 0.4) is 0 Å². The topological polar surface area (TPSA) is 0 Å². The third-order valence-corrected chi connectivity index (χ3v) is 2.87. The lowest BCUT2D eigenvalue weighted by molar-refractivity contribution is 0.463. The third kappa shape index (κ3) is 2.05. The Hall–Kier alpha value is -0.495. The zero-order valence-corrected chi connectivity index (χ0v) is 10.4. The molecule has 0 N–H and O–H groups in total. The van der Waals surface area contributed by atoms with Crippen LogP contribution in [0.5, 0.6) is 0 Å². The first-order valence-corrected chi connectivity index (χ1v) is 5.18. The number of rotatable bonds is 0. The van der Waals surface area contributed by atoms with Gasteiger partial charge in [-0.3, -0.25) is 0 Å². The highest BCUT2D eigenvalue weighted by Gasteiger charge is 2.27. The first-order valence-electron chi connectivity index (χ1n) is 4.61. The van der Waals surface area contributed by atoms with E-state index in [1.807, 2.05) is 0 Å². The molecular formula is C10H13BF3P. The molecule has 1 rings (SSSR count). The minimum absolute atomic E-state index is 0.0769. The van der Waals surface area contributed by atoms with Crippen molar-refractivity contribution in [3.8, 4) is 0 Å². The average molecular weight is 232 g/mol. The van der Waals surface area contributed by atoms with Gasteiger partial charge >= 0.3 is 0 Å². The molecule has 0 nitrogen and oxygen atoms in total. The predicted octanol–water partition coefficient (Wildman–Crippen LogP) is 1.16. The van der Waals surface area contributed by atoms with Gasteiger partial charge in [0.25, 0.3) is 0 Å². The summed E-state index contributed by atoms with van der Waals surface area (Å²) < 4.78 is 40.5. The lowest BCUT2D eigenvalue weighted by Gasteiger charge is -2.23. The summed E-state index contributed by atoms with van der Waals surface area (Å²) in [6.07, 6.45) is 0. The van der Waals surface area contributed by atoms with Crippen LogP contribution < -0.4 is 10.8 Å². The first-order chi connectivity index (χ1) is 6.68. The Balaban J connectivity index is 3.68. The van der Waals surface area contributed by atoms with Crippen molar-refractivity contribution in [3.05, 3.63) is 23.0 Å².